The summed E-state index contributed by atoms with van der Waals surface area (Å²) in [6.45, 7) is 7.29. The van der Waals surface area contributed by atoms with Crippen molar-refractivity contribution in [2.75, 3.05) is 39.6 Å². The van der Waals surface area contributed by atoms with Crippen molar-refractivity contribution >= 4 is 39.5 Å². The lowest BCUT2D eigenvalue weighted by Crippen LogP contribution is -2.30. The van der Waals surface area contributed by atoms with Crippen LogP contribution < -0.4 is 0 Å². The van der Waals surface area contributed by atoms with Crippen LogP contribution in [0.25, 0.3) is 0 Å². The fraction of sp³-hybridized carbons (Fsp3) is 0.947. The first-order valence-corrected chi connectivity index (χ1v) is 42.6. The summed E-state index contributed by atoms with van der Waals surface area (Å²) < 4.78 is 68.4. The molecule has 0 aliphatic heterocycles. The molecular formula is C76H148O17P2. The number of phosphoric acid groups is 2. The Kier molecular flexibility index (Phi) is 67.7. The van der Waals surface area contributed by atoms with Crippen LogP contribution in [-0.4, -0.2) is 96.7 Å². The quantitative estimate of drug-likeness (QED) is 0.0222. The molecule has 0 saturated heterocycles. The number of aliphatic hydroxyl groups is 1. The number of carbonyl (C=O) groups excluding carboxylic acids is 4. The van der Waals surface area contributed by atoms with E-state index >= 15 is 0 Å². The van der Waals surface area contributed by atoms with Crippen LogP contribution in [0, 0.1) is 5.92 Å². The molecule has 95 heavy (non-hydrogen) atoms. The molecule has 0 aromatic heterocycles. The summed E-state index contributed by atoms with van der Waals surface area (Å²) in [6, 6.07) is 0. The minimum absolute atomic E-state index is 0.108. The van der Waals surface area contributed by atoms with Gasteiger partial charge in [0.25, 0.3) is 0 Å². The van der Waals surface area contributed by atoms with Gasteiger partial charge in [-0.1, -0.05) is 349 Å². The van der Waals surface area contributed by atoms with Gasteiger partial charge in [-0.3, -0.25) is 37.3 Å². The predicted molar refractivity (Wildman–Crippen MR) is 386 cm³/mol. The Hall–Kier alpha value is -1.94. The maximum Gasteiger partial charge on any atom is 0.472 e. The van der Waals surface area contributed by atoms with E-state index in [2.05, 4.69) is 34.6 Å². The van der Waals surface area contributed by atoms with Crippen LogP contribution in [-0.2, 0) is 65.4 Å². The van der Waals surface area contributed by atoms with Gasteiger partial charge in [-0.05, 0) is 31.6 Å². The summed E-state index contributed by atoms with van der Waals surface area (Å²) in [7, 11) is -9.90. The Morgan fingerprint density at radius 1 is 0.284 bits per heavy atom. The molecule has 0 bridgehead atoms. The minimum atomic E-state index is -4.96. The van der Waals surface area contributed by atoms with Crippen LogP contribution in [0.15, 0.2) is 0 Å². The zero-order valence-electron chi connectivity index (χ0n) is 61.8. The number of carbonyl (C=O) groups is 4. The molecule has 0 spiro atoms. The number of hydrogen-bond acceptors (Lipinski definition) is 15. The molecule has 0 rings (SSSR count). The monoisotopic (exact) mass is 1400 g/mol. The van der Waals surface area contributed by atoms with Crippen LogP contribution in [0.5, 0.6) is 0 Å². The molecule has 0 amide bonds. The maximum absolute atomic E-state index is 13.1. The number of aliphatic hydroxyl groups excluding tert-OH is 1. The molecule has 0 saturated carbocycles. The summed E-state index contributed by atoms with van der Waals surface area (Å²) in [6.07, 6.45) is 58.3. The van der Waals surface area contributed by atoms with E-state index in [1.165, 1.54) is 212 Å². The van der Waals surface area contributed by atoms with E-state index in [1.807, 2.05) is 0 Å². The van der Waals surface area contributed by atoms with E-state index < -0.39 is 97.5 Å². The standard InChI is InChI=1S/C76H148O17P2/c1-6-9-12-15-18-20-22-24-27-32-36-40-45-50-55-60-74(79)87-66-72(93-76(81)62-57-52-47-42-38-34-30-26-29-31-35-39-44-48-53-58-69(4)5)68-91-95(84,85)89-64-70(77)63-88-94(82,83)90-67-71(65-86-73(78)59-54-49-43-17-14-11-8-3)92-75(80)61-56-51-46-41-37-33-28-25-23-21-19-16-13-10-7-2/h69-72,77H,6-68H2,1-5H3,(H,82,83)(H,84,85)/t70-,71+,72+/m0/s1. The Morgan fingerprint density at radius 2 is 0.484 bits per heavy atom. The van der Waals surface area contributed by atoms with E-state index in [0.717, 1.165) is 109 Å². The van der Waals surface area contributed by atoms with Crippen LogP contribution in [0.1, 0.15) is 401 Å². The molecule has 0 aromatic carbocycles. The molecule has 0 aromatic rings. The van der Waals surface area contributed by atoms with Crippen molar-refractivity contribution in [1.29, 1.82) is 0 Å². The zero-order chi connectivity index (χ0) is 69.8. The van der Waals surface area contributed by atoms with Crippen molar-refractivity contribution in [2.45, 2.75) is 419 Å². The Balaban J connectivity index is 5.19. The van der Waals surface area contributed by atoms with E-state index in [0.29, 0.717) is 25.7 Å². The fourth-order valence-corrected chi connectivity index (χ4v) is 13.3. The van der Waals surface area contributed by atoms with Crippen molar-refractivity contribution in [3.05, 3.63) is 0 Å². The predicted octanol–water partition coefficient (Wildman–Crippen LogP) is 22.5. The van der Waals surface area contributed by atoms with E-state index in [9.17, 15) is 43.2 Å². The molecule has 3 N–H and O–H groups in total. The highest BCUT2D eigenvalue weighted by atomic mass is 31.2. The second kappa shape index (κ2) is 69.2. The Bertz CT molecular complexity index is 1820. The average molecular weight is 1400 g/mol. The van der Waals surface area contributed by atoms with Gasteiger partial charge in [-0.15, -0.1) is 0 Å². The van der Waals surface area contributed by atoms with Gasteiger partial charge in [0.2, 0.25) is 0 Å². The lowest BCUT2D eigenvalue weighted by atomic mass is 10.0. The molecule has 0 radical (unpaired) electrons. The Labute approximate surface area is 581 Å². The topological polar surface area (TPSA) is 237 Å². The third-order valence-corrected chi connectivity index (χ3v) is 19.7. The molecule has 0 fully saturated rings. The third-order valence-electron chi connectivity index (χ3n) is 17.8. The van der Waals surface area contributed by atoms with Gasteiger partial charge in [-0.25, -0.2) is 9.13 Å². The molecule has 564 valence electrons. The van der Waals surface area contributed by atoms with Gasteiger partial charge in [0.05, 0.1) is 26.4 Å². The van der Waals surface area contributed by atoms with Gasteiger partial charge in [-0.2, -0.15) is 0 Å². The van der Waals surface area contributed by atoms with Crippen molar-refractivity contribution in [3.63, 3.8) is 0 Å². The summed E-state index contributed by atoms with van der Waals surface area (Å²) in [5, 5.41) is 10.6. The van der Waals surface area contributed by atoms with Gasteiger partial charge in [0.15, 0.2) is 12.2 Å². The van der Waals surface area contributed by atoms with E-state index in [-0.39, 0.29) is 25.7 Å². The highest BCUT2D eigenvalue weighted by molar-refractivity contribution is 7.47. The van der Waals surface area contributed by atoms with Gasteiger partial charge in [0.1, 0.15) is 19.3 Å². The molecule has 2 unspecified atom stereocenters. The Morgan fingerprint density at radius 3 is 0.716 bits per heavy atom. The van der Waals surface area contributed by atoms with E-state index in [4.69, 9.17) is 37.0 Å². The van der Waals surface area contributed by atoms with Crippen molar-refractivity contribution in [1.82, 2.24) is 0 Å². The lowest BCUT2D eigenvalue weighted by molar-refractivity contribution is -0.161. The van der Waals surface area contributed by atoms with Crippen LogP contribution in [0.2, 0.25) is 0 Å². The number of unbranched alkanes of at least 4 members (excludes halogenated alkanes) is 48. The summed E-state index contributed by atoms with van der Waals surface area (Å²) >= 11 is 0. The SMILES string of the molecule is CCCCCCCCCCCCCCCCCC(=O)OC[C@H](COP(=O)(O)OC[C@@H](O)COP(=O)(O)OC[C@@H](COC(=O)CCCCCCCCC)OC(=O)CCCCCCCCCCCCCCCCC)OC(=O)CCCCCCCCCCCCCCCCCC(C)C. The highest BCUT2D eigenvalue weighted by Crippen LogP contribution is 2.45. The number of rotatable bonds is 76. The van der Waals surface area contributed by atoms with Gasteiger partial charge < -0.3 is 33.8 Å². The molecule has 17 nitrogen and oxygen atoms in total. The number of ether oxygens (including phenoxy) is 4. The zero-order valence-corrected chi connectivity index (χ0v) is 63.6. The first kappa shape index (κ1) is 93.1. The third kappa shape index (κ3) is 70.3. The van der Waals surface area contributed by atoms with Crippen molar-refractivity contribution in [3.8, 4) is 0 Å². The first-order valence-electron chi connectivity index (χ1n) is 39.6. The minimum Gasteiger partial charge on any atom is -0.462 e. The summed E-state index contributed by atoms with van der Waals surface area (Å²) in [4.78, 5) is 72.7. The second-order valence-electron chi connectivity index (χ2n) is 27.9. The first-order chi connectivity index (χ1) is 46.0. The molecular weight excluding hydrogens is 1250 g/mol. The molecule has 0 aliphatic carbocycles. The molecule has 0 aliphatic rings. The normalized spacial score (nSPS) is 13.9. The maximum atomic E-state index is 13.1. The highest BCUT2D eigenvalue weighted by Gasteiger charge is 2.30. The van der Waals surface area contributed by atoms with Crippen LogP contribution >= 0.6 is 15.6 Å². The molecule has 0 heterocycles. The molecule has 5 atom stereocenters. The number of phosphoric ester groups is 2. The van der Waals surface area contributed by atoms with Crippen LogP contribution in [0.3, 0.4) is 0 Å². The largest absolute Gasteiger partial charge is 0.472 e. The second-order valence-corrected chi connectivity index (χ2v) is 30.8. The lowest BCUT2D eigenvalue weighted by Gasteiger charge is -2.21. The molecule has 19 heteroatoms. The van der Waals surface area contributed by atoms with Crippen molar-refractivity contribution < 1.29 is 80.2 Å². The van der Waals surface area contributed by atoms with Crippen LogP contribution in [0.4, 0.5) is 0 Å². The van der Waals surface area contributed by atoms with E-state index in [1.54, 1.807) is 0 Å². The van der Waals surface area contributed by atoms with Crippen molar-refractivity contribution in [2.24, 2.45) is 5.92 Å². The van der Waals surface area contributed by atoms with Gasteiger partial charge >= 0.3 is 39.5 Å². The number of esters is 4. The summed E-state index contributed by atoms with van der Waals surface area (Å²) in [5.41, 5.74) is 0. The summed E-state index contributed by atoms with van der Waals surface area (Å²) in [5.74, 6) is -1.31. The average Bonchev–Trinajstić information content (AvgIpc) is 1.41. The fourth-order valence-electron chi connectivity index (χ4n) is 11.7. The number of hydrogen-bond donors (Lipinski definition) is 3. The van der Waals surface area contributed by atoms with Gasteiger partial charge in [0, 0.05) is 25.7 Å². The smallest absolute Gasteiger partial charge is 0.462 e.